The topological polar surface area (TPSA) is 58.0 Å². The first-order valence-corrected chi connectivity index (χ1v) is 13.4. The van der Waals surface area contributed by atoms with Crippen molar-refractivity contribution in [2.75, 3.05) is 37.3 Å². The minimum atomic E-state index is 0.536. The average Bonchev–Trinajstić information content (AvgIpc) is 3.25. The largest absolute Gasteiger partial charge is 0.382 e. The molecule has 3 heterocycles. The summed E-state index contributed by atoms with van der Waals surface area (Å²) in [5, 5.41) is 8.32. The Kier molecular flexibility index (Phi) is 7.33. The number of unbranched alkanes of at least 4 members (excludes halogenated alkanes) is 1. The van der Waals surface area contributed by atoms with Gasteiger partial charge in [-0.3, -0.25) is 0 Å². The summed E-state index contributed by atoms with van der Waals surface area (Å²) in [5.74, 6) is 0.750. The lowest BCUT2D eigenvalue weighted by molar-refractivity contribution is 0.264. The van der Waals surface area contributed by atoms with Gasteiger partial charge in [0, 0.05) is 47.7 Å². The molecule has 0 atom stereocenters. The number of anilines is 2. The normalized spacial score (nSPS) is 18.4. The van der Waals surface area contributed by atoms with Crippen LogP contribution >= 0.6 is 0 Å². The Morgan fingerprint density at radius 2 is 1.76 bits per heavy atom. The Balaban J connectivity index is 1.41. The van der Waals surface area contributed by atoms with Gasteiger partial charge in [-0.15, -0.1) is 0 Å². The van der Waals surface area contributed by atoms with Crippen molar-refractivity contribution >= 4 is 22.7 Å². The Morgan fingerprint density at radius 1 is 1.00 bits per heavy atom. The molecule has 1 aromatic carbocycles. The number of rotatable bonds is 8. The summed E-state index contributed by atoms with van der Waals surface area (Å²) in [6.45, 7) is 5.48. The van der Waals surface area contributed by atoms with Crippen LogP contribution in [-0.2, 0) is 0 Å². The zero-order valence-electron chi connectivity index (χ0n) is 20.9. The number of nitrogens with one attached hydrogen (secondary N) is 2. The van der Waals surface area contributed by atoms with Crippen molar-refractivity contribution in [2.24, 2.45) is 0 Å². The third-order valence-electron chi connectivity index (χ3n) is 7.64. The Labute approximate surface area is 204 Å². The molecule has 1 saturated heterocycles. The fourth-order valence-electron chi connectivity index (χ4n) is 5.49. The number of piperidine rings is 1. The lowest BCUT2D eigenvalue weighted by Crippen LogP contribution is -2.36. The predicted octanol–water partition coefficient (Wildman–Crippen LogP) is 6.32. The number of hydrogen-bond donors (Lipinski definition) is 2. The maximum atomic E-state index is 4.99. The Bertz CT molecular complexity index is 1060. The van der Waals surface area contributed by atoms with Gasteiger partial charge in [0.1, 0.15) is 5.65 Å². The maximum absolute atomic E-state index is 4.99. The third-order valence-corrected chi connectivity index (χ3v) is 7.64. The highest BCUT2D eigenvalue weighted by molar-refractivity contribution is 5.94. The van der Waals surface area contributed by atoms with E-state index in [0.717, 1.165) is 29.9 Å². The van der Waals surface area contributed by atoms with E-state index in [1.54, 1.807) is 0 Å². The highest BCUT2D eigenvalue weighted by atomic mass is 15.2. The van der Waals surface area contributed by atoms with Gasteiger partial charge in [0.05, 0.1) is 0 Å². The summed E-state index contributed by atoms with van der Waals surface area (Å²) in [6, 6.07) is 10.1. The number of hydrogen-bond acceptors (Lipinski definition) is 5. The number of aromatic nitrogens is 3. The van der Waals surface area contributed by atoms with E-state index in [4.69, 9.17) is 4.98 Å². The summed E-state index contributed by atoms with van der Waals surface area (Å²) in [5.41, 5.74) is 4.77. The van der Waals surface area contributed by atoms with Gasteiger partial charge < -0.3 is 20.1 Å². The molecule has 1 saturated carbocycles. The monoisotopic (exact) mass is 460 g/mol. The molecule has 0 radical (unpaired) electrons. The van der Waals surface area contributed by atoms with Crippen molar-refractivity contribution in [3.05, 3.63) is 36.7 Å². The molecule has 2 aliphatic rings. The van der Waals surface area contributed by atoms with Gasteiger partial charge in [-0.05, 0) is 69.9 Å². The van der Waals surface area contributed by atoms with E-state index >= 15 is 0 Å². The van der Waals surface area contributed by atoms with Crippen LogP contribution in [0.3, 0.4) is 0 Å². The Hall–Kier alpha value is -2.60. The predicted molar refractivity (Wildman–Crippen MR) is 143 cm³/mol. The summed E-state index contributed by atoms with van der Waals surface area (Å²) in [7, 11) is 2.21. The van der Waals surface area contributed by atoms with Gasteiger partial charge in [-0.2, -0.15) is 4.98 Å². The van der Waals surface area contributed by atoms with Crippen molar-refractivity contribution in [3.63, 3.8) is 0 Å². The molecular formula is C28H40N6. The zero-order valence-corrected chi connectivity index (χ0v) is 20.9. The minimum absolute atomic E-state index is 0.536. The van der Waals surface area contributed by atoms with E-state index in [9.17, 15) is 0 Å². The number of likely N-dealkylation sites (tertiary alicyclic amines) is 1. The van der Waals surface area contributed by atoms with E-state index in [2.05, 4.69) is 69.5 Å². The molecule has 1 aliphatic heterocycles. The first-order valence-electron chi connectivity index (χ1n) is 13.4. The standard InChI is InChI=1S/C28H40N6/c1-3-4-16-29-28-30-19-25-26(20-34(27(25)32-28)24-8-6-5-7-9-24)21-10-12-22(13-11-21)31-23-14-17-33(2)18-15-23/h10-13,19-20,23-24,31H,3-9,14-18H2,1-2H3,(H,29,30,32). The first-order chi connectivity index (χ1) is 16.7. The molecule has 5 rings (SSSR count). The molecule has 0 spiro atoms. The van der Waals surface area contributed by atoms with Crippen LogP contribution in [0.25, 0.3) is 22.2 Å². The number of fused-ring (bicyclic) bond motifs is 1. The van der Waals surface area contributed by atoms with Gasteiger partial charge in [-0.25, -0.2) is 4.98 Å². The Morgan fingerprint density at radius 3 is 2.50 bits per heavy atom. The lowest BCUT2D eigenvalue weighted by Gasteiger charge is -2.30. The molecule has 1 aliphatic carbocycles. The van der Waals surface area contributed by atoms with Gasteiger partial charge in [0.2, 0.25) is 5.95 Å². The second-order valence-electron chi connectivity index (χ2n) is 10.3. The smallest absolute Gasteiger partial charge is 0.224 e. The molecule has 3 aromatic rings. The summed E-state index contributed by atoms with van der Waals surface area (Å²) in [6.07, 6.45) is 15.5. The molecule has 34 heavy (non-hydrogen) atoms. The summed E-state index contributed by atoms with van der Waals surface area (Å²) in [4.78, 5) is 12.1. The molecule has 2 N–H and O–H groups in total. The van der Waals surface area contributed by atoms with Gasteiger partial charge in [0.15, 0.2) is 0 Å². The van der Waals surface area contributed by atoms with E-state index in [1.807, 2.05) is 6.20 Å². The third kappa shape index (κ3) is 5.22. The molecule has 0 unspecified atom stereocenters. The highest BCUT2D eigenvalue weighted by Gasteiger charge is 2.21. The lowest BCUT2D eigenvalue weighted by atomic mass is 9.95. The van der Waals surface area contributed by atoms with Crippen LogP contribution < -0.4 is 10.6 Å². The molecule has 2 aromatic heterocycles. The van der Waals surface area contributed by atoms with Gasteiger partial charge in [0.25, 0.3) is 0 Å². The molecule has 6 nitrogen and oxygen atoms in total. The second kappa shape index (κ2) is 10.8. The van der Waals surface area contributed by atoms with E-state index in [0.29, 0.717) is 12.1 Å². The van der Waals surface area contributed by atoms with Crippen LogP contribution in [0.4, 0.5) is 11.6 Å². The van der Waals surface area contributed by atoms with Crippen molar-refractivity contribution in [2.45, 2.75) is 76.8 Å². The summed E-state index contributed by atoms with van der Waals surface area (Å²) >= 11 is 0. The molecule has 0 amide bonds. The molecular weight excluding hydrogens is 420 g/mol. The fourth-order valence-corrected chi connectivity index (χ4v) is 5.49. The van der Waals surface area contributed by atoms with Crippen molar-refractivity contribution in [3.8, 4) is 11.1 Å². The second-order valence-corrected chi connectivity index (χ2v) is 10.3. The maximum Gasteiger partial charge on any atom is 0.224 e. The van der Waals surface area contributed by atoms with Gasteiger partial charge in [-0.1, -0.05) is 44.7 Å². The van der Waals surface area contributed by atoms with Crippen LogP contribution in [0.1, 0.15) is 70.8 Å². The molecule has 2 fully saturated rings. The van der Waals surface area contributed by atoms with Gasteiger partial charge >= 0.3 is 0 Å². The molecule has 0 bridgehead atoms. The highest BCUT2D eigenvalue weighted by Crippen LogP contribution is 2.37. The van der Waals surface area contributed by atoms with Crippen molar-refractivity contribution in [1.82, 2.24) is 19.4 Å². The molecule has 182 valence electrons. The van der Waals surface area contributed by atoms with Crippen LogP contribution in [0.5, 0.6) is 0 Å². The average molecular weight is 461 g/mol. The number of benzene rings is 1. The summed E-state index contributed by atoms with van der Waals surface area (Å²) < 4.78 is 2.45. The molecule has 6 heteroatoms. The fraction of sp³-hybridized carbons (Fsp3) is 0.571. The zero-order chi connectivity index (χ0) is 23.3. The number of nitrogens with zero attached hydrogens (tertiary/aromatic N) is 4. The SMILES string of the molecule is CCCCNc1ncc2c(-c3ccc(NC4CCN(C)CC4)cc3)cn(C3CCCCC3)c2n1. The van der Waals surface area contributed by atoms with Crippen LogP contribution in [0.15, 0.2) is 36.7 Å². The van der Waals surface area contributed by atoms with Crippen molar-refractivity contribution in [1.29, 1.82) is 0 Å². The van der Waals surface area contributed by atoms with Crippen LogP contribution in [-0.4, -0.2) is 52.2 Å². The van der Waals surface area contributed by atoms with Crippen LogP contribution in [0, 0.1) is 0 Å². The quantitative estimate of drug-likeness (QED) is 0.385. The van der Waals surface area contributed by atoms with Crippen LogP contribution in [0.2, 0.25) is 0 Å². The minimum Gasteiger partial charge on any atom is -0.382 e. The van der Waals surface area contributed by atoms with E-state index < -0.39 is 0 Å². The first kappa shape index (κ1) is 23.2. The van der Waals surface area contributed by atoms with Crippen molar-refractivity contribution < 1.29 is 0 Å². The van der Waals surface area contributed by atoms with E-state index in [-0.39, 0.29) is 0 Å². The van der Waals surface area contributed by atoms with E-state index in [1.165, 1.54) is 81.3 Å².